The van der Waals surface area contributed by atoms with E-state index < -0.39 is 29.9 Å². The molecule has 0 bridgehead atoms. The highest BCUT2D eigenvalue weighted by Gasteiger charge is 2.46. The van der Waals surface area contributed by atoms with Gasteiger partial charge in [0.05, 0.1) is 11.1 Å². The molecule has 1 saturated carbocycles. The number of hydrogen-bond donors (Lipinski definition) is 2. The molecule has 0 radical (unpaired) electrons. The first-order valence-electron chi connectivity index (χ1n) is 8.52. The third-order valence-electron chi connectivity index (χ3n) is 4.73. The zero-order chi connectivity index (χ0) is 20.1. The molecule has 1 fully saturated rings. The van der Waals surface area contributed by atoms with Gasteiger partial charge in [0.1, 0.15) is 16.1 Å². The Morgan fingerprint density at radius 1 is 1.43 bits per heavy atom. The van der Waals surface area contributed by atoms with Gasteiger partial charge in [0.15, 0.2) is 5.01 Å². The molecule has 0 spiro atoms. The molecule has 6 nitrogen and oxygen atoms in total. The summed E-state index contributed by atoms with van der Waals surface area (Å²) >= 11 is 6.96. The number of aromatic nitrogens is 3. The molecule has 3 N–H and O–H groups in total. The first-order chi connectivity index (χ1) is 13.3. The van der Waals surface area contributed by atoms with Crippen LogP contribution in [0.5, 0.6) is 0 Å². The fraction of sp³-hybridized carbons (Fsp3) is 0.353. The summed E-state index contributed by atoms with van der Waals surface area (Å²) in [6, 6.07) is 2.65. The van der Waals surface area contributed by atoms with E-state index in [2.05, 4.69) is 15.4 Å². The highest BCUT2D eigenvalue weighted by molar-refractivity contribution is 7.18. The van der Waals surface area contributed by atoms with Crippen LogP contribution in [0.15, 0.2) is 24.4 Å². The van der Waals surface area contributed by atoms with Crippen LogP contribution in [0.25, 0.3) is 16.8 Å². The number of fused-ring (bicyclic) bond motifs is 1. The highest BCUT2D eigenvalue weighted by Crippen LogP contribution is 2.37. The Balaban J connectivity index is 1.66. The predicted octanol–water partition coefficient (Wildman–Crippen LogP) is 3.50. The molecule has 0 saturated heterocycles. The van der Waals surface area contributed by atoms with Crippen LogP contribution >= 0.6 is 22.9 Å². The number of amides is 1. The molecule has 1 amide bonds. The predicted molar refractivity (Wildman–Crippen MR) is 99.3 cm³/mol. The number of thiazole rings is 1. The minimum Gasteiger partial charge on any atom is -0.340 e. The summed E-state index contributed by atoms with van der Waals surface area (Å²) < 4.78 is 44.0. The van der Waals surface area contributed by atoms with Crippen LogP contribution in [0.2, 0.25) is 4.34 Å². The number of pyridine rings is 1. The lowest BCUT2D eigenvalue weighted by molar-refractivity contribution is -0.0674. The Bertz CT molecular complexity index is 1050. The summed E-state index contributed by atoms with van der Waals surface area (Å²) in [5, 5.41) is 5.87. The van der Waals surface area contributed by atoms with E-state index in [1.807, 2.05) is 0 Å². The summed E-state index contributed by atoms with van der Waals surface area (Å²) in [6.07, 6.45) is 1.89. The summed E-state index contributed by atoms with van der Waals surface area (Å²) in [6.45, 7) is 0. The average molecular weight is 430 g/mol. The van der Waals surface area contributed by atoms with Crippen LogP contribution in [0.3, 0.4) is 0 Å². The van der Waals surface area contributed by atoms with Crippen molar-refractivity contribution in [1.82, 2.24) is 19.9 Å². The fourth-order valence-corrected chi connectivity index (χ4v) is 4.42. The molecule has 1 aliphatic carbocycles. The highest BCUT2D eigenvalue weighted by atomic mass is 35.5. The minimum atomic E-state index is -3.11. The van der Waals surface area contributed by atoms with Crippen molar-refractivity contribution in [3.05, 3.63) is 39.7 Å². The molecular weight excluding hydrogens is 415 g/mol. The van der Waals surface area contributed by atoms with Crippen molar-refractivity contribution in [2.75, 3.05) is 0 Å². The Morgan fingerprint density at radius 3 is 2.96 bits per heavy atom. The maximum atomic E-state index is 14.4. The average Bonchev–Trinajstić information content (AvgIpc) is 3.16. The number of hydrogen-bond acceptors (Lipinski definition) is 5. The van der Waals surface area contributed by atoms with Gasteiger partial charge in [0.25, 0.3) is 11.8 Å². The summed E-state index contributed by atoms with van der Waals surface area (Å²) in [5.74, 6) is -4.73. The van der Waals surface area contributed by atoms with Gasteiger partial charge in [-0.05, 0) is 25.0 Å². The van der Waals surface area contributed by atoms with Gasteiger partial charge >= 0.3 is 0 Å². The van der Waals surface area contributed by atoms with Gasteiger partial charge in [0, 0.05) is 18.7 Å². The molecule has 3 aromatic rings. The Kier molecular flexibility index (Phi) is 4.80. The van der Waals surface area contributed by atoms with Crippen molar-refractivity contribution in [3.8, 4) is 11.3 Å². The molecule has 11 heteroatoms. The number of halogens is 4. The largest absolute Gasteiger partial charge is 0.340 e. The van der Waals surface area contributed by atoms with Gasteiger partial charge in [-0.25, -0.2) is 18.3 Å². The van der Waals surface area contributed by atoms with E-state index in [4.69, 9.17) is 17.3 Å². The van der Waals surface area contributed by atoms with E-state index in [0.717, 1.165) is 11.3 Å². The normalized spacial score (nSPS) is 21.8. The van der Waals surface area contributed by atoms with E-state index in [1.54, 1.807) is 24.4 Å². The van der Waals surface area contributed by atoms with Gasteiger partial charge in [-0.15, -0.1) is 5.10 Å². The molecule has 0 aromatic carbocycles. The van der Waals surface area contributed by atoms with Gasteiger partial charge in [-0.2, -0.15) is 4.39 Å². The molecule has 148 valence electrons. The first-order valence-corrected chi connectivity index (χ1v) is 9.71. The van der Waals surface area contributed by atoms with Crippen molar-refractivity contribution in [2.45, 2.75) is 37.3 Å². The van der Waals surface area contributed by atoms with Crippen LogP contribution in [0, 0.1) is 5.95 Å². The standard InChI is InChI=1S/C17H15ClF3N5OS/c18-13-11(10-9-5-1-2-7-26(9)25-14(10)19)23-16(28-13)15(27)24-12-8(22)4-3-6-17(12,20)21/h1-2,5,7-8,12H,3-4,6,22H2,(H,24,27)/t8-,12+/m0/s1. The van der Waals surface area contributed by atoms with Crippen molar-refractivity contribution < 1.29 is 18.0 Å². The van der Waals surface area contributed by atoms with Gasteiger partial charge in [-0.3, -0.25) is 4.79 Å². The van der Waals surface area contributed by atoms with Crippen molar-refractivity contribution >= 4 is 34.4 Å². The summed E-state index contributed by atoms with van der Waals surface area (Å²) in [7, 11) is 0. The lowest BCUT2D eigenvalue weighted by atomic mass is 9.87. The minimum absolute atomic E-state index is 0.0372. The SMILES string of the molecule is N[C@H]1CCCC(F)(F)[C@@H]1NC(=O)c1nc(-c2c(F)nn3ccccc23)c(Cl)s1. The second-order valence-corrected chi connectivity index (χ2v) is 8.21. The number of rotatable bonds is 3. The Morgan fingerprint density at radius 2 is 2.21 bits per heavy atom. The zero-order valence-corrected chi connectivity index (χ0v) is 15.9. The van der Waals surface area contributed by atoms with Crippen molar-refractivity contribution in [2.24, 2.45) is 5.73 Å². The summed E-state index contributed by atoms with van der Waals surface area (Å²) in [4.78, 5) is 16.6. The maximum absolute atomic E-state index is 14.4. The van der Waals surface area contributed by atoms with Crippen LogP contribution < -0.4 is 11.1 Å². The van der Waals surface area contributed by atoms with Crippen LogP contribution in [-0.2, 0) is 0 Å². The summed E-state index contributed by atoms with van der Waals surface area (Å²) in [5.41, 5.74) is 6.27. The molecule has 28 heavy (non-hydrogen) atoms. The van der Waals surface area contributed by atoms with Crippen molar-refractivity contribution in [3.63, 3.8) is 0 Å². The van der Waals surface area contributed by atoms with E-state index in [0.29, 0.717) is 18.4 Å². The van der Waals surface area contributed by atoms with Crippen molar-refractivity contribution in [1.29, 1.82) is 0 Å². The van der Waals surface area contributed by atoms with Gasteiger partial charge in [0.2, 0.25) is 5.95 Å². The van der Waals surface area contributed by atoms with E-state index in [9.17, 15) is 18.0 Å². The molecule has 1 aliphatic rings. The molecule has 2 atom stereocenters. The number of nitrogens with one attached hydrogen (secondary N) is 1. The molecule has 3 aromatic heterocycles. The second-order valence-electron chi connectivity index (χ2n) is 6.61. The number of carbonyl (C=O) groups is 1. The zero-order valence-electron chi connectivity index (χ0n) is 14.3. The molecule has 3 heterocycles. The number of carbonyl (C=O) groups excluding carboxylic acids is 1. The molecular formula is C17H15ClF3N5OS. The fourth-order valence-electron chi connectivity index (χ4n) is 3.37. The quantitative estimate of drug-likeness (QED) is 0.667. The van der Waals surface area contributed by atoms with E-state index in [-0.39, 0.29) is 27.0 Å². The van der Waals surface area contributed by atoms with Crippen LogP contribution in [0.4, 0.5) is 13.2 Å². The third kappa shape index (κ3) is 3.25. The topological polar surface area (TPSA) is 85.3 Å². The van der Waals surface area contributed by atoms with Crippen LogP contribution in [0.1, 0.15) is 29.1 Å². The molecule has 4 rings (SSSR count). The first kappa shape index (κ1) is 19.2. The van der Waals surface area contributed by atoms with Gasteiger partial charge in [-0.1, -0.05) is 29.0 Å². The van der Waals surface area contributed by atoms with Gasteiger partial charge < -0.3 is 11.1 Å². The lowest BCUT2D eigenvalue weighted by Gasteiger charge is -2.36. The van der Waals surface area contributed by atoms with E-state index >= 15 is 0 Å². The van der Waals surface area contributed by atoms with Crippen LogP contribution in [-0.4, -0.2) is 38.5 Å². The monoisotopic (exact) mass is 429 g/mol. The third-order valence-corrected chi connectivity index (χ3v) is 5.98. The Hall–Kier alpha value is -2.17. The lowest BCUT2D eigenvalue weighted by Crippen LogP contribution is -2.59. The number of nitrogens with zero attached hydrogens (tertiary/aromatic N) is 3. The second kappa shape index (κ2) is 7.02. The smallest absolute Gasteiger partial charge is 0.280 e. The Labute approximate surface area is 166 Å². The maximum Gasteiger partial charge on any atom is 0.280 e. The van der Waals surface area contributed by atoms with E-state index in [1.165, 1.54) is 4.52 Å². The number of alkyl halides is 2. The molecule has 0 unspecified atom stereocenters. The molecule has 0 aliphatic heterocycles. The number of nitrogens with two attached hydrogens (primary N) is 1.